The lowest BCUT2D eigenvalue weighted by atomic mass is 10.1. The topological polar surface area (TPSA) is 68.3 Å². The summed E-state index contributed by atoms with van der Waals surface area (Å²) in [4.78, 5) is 3.88. The summed E-state index contributed by atoms with van der Waals surface area (Å²) >= 11 is 5.65. The molecule has 1 fully saturated rings. The van der Waals surface area contributed by atoms with Crippen molar-refractivity contribution in [3.05, 3.63) is 23.5 Å². The predicted octanol–water partition coefficient (Wildman–Crippen LogP) is 1.05. The van der Waals surface area contributed by atoms with Crippen molar-refractivity contribution in [2.45, 2.75) is 11.3 Å². The first-order valence-electron chi connectivity index (χ1n) is 5.27. The van der Waals surface area contributed by atoms with Crippen LogP contribution < -0.4 is 4.72 Å². The molecule has 0 aromatic carbocycles. The second kappa shape index (κ2) is 5.30. The molecule has 1 N–H and O–H groups in total. The Morgan fingerprint density at radius 2 is 2.41 bits per heavy atom. The third-order valence-corrected chi connectivity index (χ3v) is 4.22. The summed E-state index contributed by atoms with van der Waals surface area (Å²) in [6.07, 6.45) is 2.26. The summed E-state index contributed by atoms with van der Waals surface area (Å²) in [5.74, 6) is 0.252. The number of nitrogens with zero attached hydrogens (tertiary/aromatic N) is 1. The van der Waals surface area contributed by atoms with Crippen LogP contribution in [-0.2, 0) is 14.8 Å². The minimum atomic E-state index is -3.50. The Morgan fingerprint density at radius 1 is 1.59 bits per heavy atom. The fourth-order valence-corrected chi connectivity index (χ4v) is 2.97. The first-order valence-corrected chi connectivity index (χ1v) is 7.13. The number of halogens is 1. The summed E-state index contributed by atoms with van der Waals surface area (Å²) < 4.78 is 31.5. The zero-order chi connectivity index (χ0) is 12.3. The van der Waals surface area contributed by atoms with Crippen LogP contribution in [0.1, 0.15) is 6.42 Å². The maximum Gasteiger partial charge on any atom is 0.240 e. The Labute approximate surface area is 105 Å². The van der Waals surface area contributed by atoms with E-state index >= 15 is 0 Å². The molecule has 5 nitrogen and oxygen atoms in total. The van der Waals surface area contributed by atoms with Gasteiger partial charge in [0.2, 0.25) is 10.0 Å². The molecule has 0 radical (unpaired) electrons. The standard InChI is InChI=1S/C10H13ClN2O3S/c11-10-5-9(1-3-12-10)17(14,15)13-6-8-2-4-16-7-8/h1,3,5,8,13H,2,4,6-7H2. The van der Waals surface area contributed by atoms with Gasteiger partial charge in [-0.2, -0.15) is 0 Å². The second-order valence-electron chi connectivity index (χ2n) is 3.90. The third-order valence-electron chi connectivity index (χ3n) is 2.59. The van der Waals surface area contributed by atoms with E-state index < -0.39 is 10.0 Å². The van der Waals surface area contributed by atoms with Crippen molar-refractivity contribution in [1.29, 1.82) is 0 Å². The van der Waals surface area contributed by atoms with Crippen LogP contribution in [-0.4, -0.2) is 33.2 Å². The van der Waals surface area contributed by atoms with Gasteiger partial charge in [0.25, 0.3) is 0 Å². The van der Waals surface area contributed by atoms with Crippen LogP contribution in [0.4, 0.5) is 0 Å². The quantitative estimate of drug-likeness (QED) is 0.835. The van der Waals surface area contributed by atoms with E-state index in [0.29, 0.717) is 19.8 Å². The molecule has 1 aromatic heterocycles. The predicted molar refractivity (Wildman–Crippen MR) is 63.4 cm³/mol. The van der Waals surface area contributed by atoms with Crippen LogP contribution in [0.5, 0.6) is 0 Å². The molecule has 1 unspecified atom stereocenters. The SMILES string of the molecule is O=S(=O)(NCC1CCOC1)c1ccnc(Cl)c1. The normalized spacial score (nSPS) is 20.6. The number of rotatable bonds is 4. The molecule has 17 heavy (non-hydrogen) atoms. The summed E-state index contributed by atoms with van der Waals surface area (Å²) in [5, 5.41) is 0.164. The van der Waals surface area contributed by atoms with Crippen LogP contribution >= 0.6 is 11.6 Å². The zero-order valence-electron chi connectivity index (χ0n) is 9.10. The Balaban J connectivity index is 2.03. The molecule has 0 spiro atoms. The molecule has 94 valence electrons. The van der Waals surface area contributed by atoms with Crippen molar-refractivity contribution in [3.8, 4) is 0 Å². The largest absolute Gasteiger partial charge is 0.381 e. The van der Waals surface area contributed by atoms with E-state index in [9.17, 15) is 8.42 Å². The zero-order valence-corrected chi connectivity index (χ0v) is 10.7. The number of hydrogen-bond acceptors (Lipinski definition) is 4. The first-order chi connectivity index (χ1) is 8.08. The van der Waals surface area contributed by atoms with Gasteiger partial charge in [0.15, 0.2) is 0 Å². The summed E-state index contributed by atoms with van der Waals surface area (Å²) in [6.45, 7) is 1.70. The van der Waals surface area contributed by atoms with Crippen molar-refractivity contribution in [2.75, 3.05) is 19.8 Å². The summed E-state index contributed by atoms with van der Waals surface area (Å²) in [6, 6.07) is 2.74. The molecule has 0 amide bonds. The fraction of sp³-hybridized carbons (Fsp3) is 0.500. The Morgan fingerprint density at radius 3 is 3.06 bits per heavy atom. The van der Waals surface area contributed by atoms with Gasteiger partial charge in [0.05, 0.1) is 11.5 Å². The molecule has 1 aliphatic rings. The van der Waals surface area contributed by atoms with E-state index in [-0.39, 0.29) is 16.0 Å². The molecule has 0 aliphatic carbocycles. The number of pyridine rings is 1. The van der Waals surface area contributed by atoms with Gasteiger partial charge in [0, 0.05) is 19.3 Å². The van der Waals surface area contributed by atoms with Crippen molar-refractivity contribution in [1.82, 2.24) is 9.71 Å². The maximum atomic E-state index is 11.9. The highest BCUT2D eigenvalue weighted by Gasteiger charge is 2.20. The molecule has 2 heterocycles. The van der Waals surface area contributed by atoms with Crippen LogP contribution in [0, 0.1) is 5.92 Å². The second-order valence-corrected chi connectivity index (χ2v) is 6.05. The van der Waals surface area contributed by atoms with Crippen molar-refractivity contribution in [3.63, 3.8) is 0 Å². The van der Waals surface area contributed by atoms with E-state index in [1.165, 1.54) is 18.3 Å². The third kappa shape index (κ3) is 3.38. The number of sulfonamides is 1. The van der Waals surface area contributed by atoms with Gasteiger partial charge in [-0.3, -0.25) is 0 Å². The van der Waals surface area contributed by atoms with E-state index in [4.69, 9.17) is 16.3 Å². The minimum absolute atomic E-state index is 0.136. The Hall–Kier alpha value is -0.690. The van der Waals surface area contributed by atoms with Gasteiger partial charge in [-0.1, -0.05) is 11.6 Å². The maximum absolute atomic E-state index is 11.9. The lowest BCUT2D eigenvalue weighted by Gasteiger charge is -2.10. The molecule has 0 bridgehead atoms. The van der Waals surface area contributed by atoms with Crippen LogP contribution in [0.25, 0.3) is 0 Å². The van der Waals surface area contributed by atoms with Gasteiger partial charge in [-0.15, -0.1) is 0 Å². The van der Waals surface area contributed by atoms with Crippen LogP contribution in [0.3, 0.4) is 0 Å². The molecule has 1 aliphatic heterocycles. The molecule has 2 rings (SSSR count). The summed E-state index contributed by atoms with van der Waals surface area (Å²) in [7, 11) is -3.50. The average molecular weight is 277 g/mol. The monoisotopic (exact) mass is 276 g/mol. The van der Waals surface area contributed by atoms with E-state index in [2.05, 4.69) is 9.71 Å². The lowest BCUT2D eigenvalue weighted by Crippen LogP contribution is -2.29. The highest BCUT2D eigenvalue weighted by molar-refractivity contribution is 7.89. The Kier molecular flexibility index (Phi) is 3.98. The molecule has 1 aromatic rings. The fourth-order valence-electron chi connectivity index (χ4n) is 1.61. The average Bonchev–Trinajstić information content (AvgIpc) is 2.79. The van der Waals surface area contributed by atoms with Crippen molar-refractivity contribution < 1.29 is 13.2 Å². The molecule has 1 atom stereocenters. The number of hydrogen-bond donors (Lipinski definition) is 1. The first kappa shape index (κ1) is 12.8. The molecular formula is C10H13ClN2O3S. The van der Waals surface area contributed by atoms with E-state index in [0.717, 1.165) is 6.42 Å². The van der Waals surface area contributed by atoms with Crippen molar-refractivity contribution >= 4 is 21.6 Å². The van der Waals surface area contributed by atoms with Gasteiger partial charge >= 0.3 is 0 Å². The van der Waals surface area contributed by atoms with Crippen molar-refractivity contribution in [2.24, 2.45) is 5.92 Å². The van der Waals surface area contributed by atoms with Gasteiger partial charge < -0.3 is 4.74 Å². The smallest absolute Gasteiger partial charge is 0.240 e. The number of nitrogens with one attached hydrogen (secondary N) is 1. The Bertz CT molecular complexity index is 486. The molecule has 1 saturated heterocycles. The lowest BCUT2D eigenvalue weighted by molar-refractivity contribution is 0.186. The number of aromatic nitrogens is 1. The van der Waals surface area contributed by atoms with Crippen LogP contribution in [0.15, 0.2) is 23.2 Å². The summed E-state index contributed by atoms with van der Waals surface area (Å²) in [5.41, 5.74) is 0. The van der Waals surface area contributed by atoms with E-state index in [1.54, 1.807) is 0 Å². The molecule has 7 heteroatoms. The highest BCUT2D eigenvalue weighted by Crippen LogP contribution is 2.15. The minimum Gasteiger partial charge on any atom is -0.381 e. The van der Waals surface area contributed by atoms with Gasteiger partial charge in [0.1, 0.15) is 5.15 Å². The molecular weight excluding hydrogens is 264 g/mol. The van der Waals surface area contributed by atoms with Gasteiger partial charge in [-0.25, -0.2) is 18.1 Å². The van der Waals surface area contributed by atoms with Crippen LogP contribution in [0.2, 0.25) is 5.15 Å². The number of ether oxygens (including phenoxy) is 1. The highest BCUT2D eigenvalue weighted by atomic mass is 35.5. The van der Waals surface area contributed by atoms with Gasteiger partial charge in [-0.05, 0) is 24.5 Å². The van der Waals surface area contributed by atoms with E-state index in [1.807, 2.05) is 0 Å². The molecule has 0 saturated carbocycles.